The van der Waals surface area contributed by atoms with Crippen LogP contribution in [0.1, 0.15) is 25.7 Å². The Hall–Kier alpha value is -0.970. The molecule has 2 amide bonds. The Morgan fingerprint density at radius 2 is 1.95 bits per heavy atom. The Labute approximate surface area is 125 Å². The fourth-order valence-electron chi connectivity index (χ4n) is 3.20. The average molecular weight is 296 g/mol. The first-order valence-corrected chi connectivity index (χ1v) is 8.77. The van der Waals surface area contributed by atoms with Crippen LogP contribution in [0.25, 0.3) is 0 Å². The molecule has 2 rings (SSSR count). The highest BCUT2D eigenvalue weighted by atomic mass is 32.2. The van der Waals surface area contributed by atoms with Gasteiger partial charge in [-0.15, -0.1) is 0 Å². The van der Waals surface area contributed by atoms with Crippen LogP contribution in [0.2, 0.25) is 0 Å². The summed E-state index contributed by atoms with van der Waals surface area (Å²) in [5.74, 6) is 1.44. The third-order valence-electron chi connectivity index (χ3n) is 4.35. The smallest absolute Gasteiger partial charge is 0.245 e. The number of thioether (sulfide) groups is 1. The molecular formula is C15H24N2O2S. The maximum absolute atomic E-state index is 12.6. The minimum absolute atomic E-state index is 0.0164. The first-order valence-electron chi connectivity index (χ1n) is 7.38. The minimum Gasteiger partial charge on any atom is -0.339 e. The lowest BCUT2D eigenvalue weighted by Crippen LogP contribution is -2.46. The van der Waals surface area contributed by atoms with Crippen molar-refractivity contribution in [1.82, 2.24) is 9.80 Å². The molecule has 112 valence electrons. The zero-order chi connectivity index (χ0) is 14.5. The van der Waals surface area contributed by atoms with Gasteiger partial charge in [-0.05, 0) is 38.0 Å². The van der Waals surface area contributed by atoms with E-state index in [-0.39, 0.29) is 11.8 Å². The molecule has 0 aliphatic carbocycles. The molecule has 0 aromatic heterocycles. The van der Waals surface area contributed by atoms with Crippen LogP contribution < -0.4 is 0 Å². The van der Waals surface area contributed by atoms with E-state index < -0.39 is 0 Å². The van der Waals surface area contributed by atoms with E-state index >= 15 is 0 Å². The molecule has 0 aromatic carbocycles. The van der Waals surface area contributed by atoms with Crippen molar-refractivity contribution in [3.05, 3.63) is 12.7 Å². The molecule has 4 nitrogen and oxygen atoms in total. The molecule has 0 saturated carbocycles. The quantitative estimate of drug-likeness (QED) is 0.742. The van der Waals surface area contributed by atoms with Gasteiger partial charge in [-0.2, -0.15) is 11.8 Å². The molecule has 5 heteroatoms. The molecular weight excluding hydrogens is 272 g/mol. The fourth-order valence-corrected chi connectivity index (χ4v) is 3.93. The SMILES string of the molecule is C=CC(=O)N1CCC(C(=O)N2CCCC2CSC)CC1. The molecule has 0 bridgehead atoms. The average Bonchev–Trinajstić information content (AvgIpc) is 2.94. The van der Waals surface area contributed by atoms with Gasteiger partial charge in [0.15, 0.2) is 0 Å². The lowest BCUT2D eigenvalue weighted by molar-refractivity contribution is -0.139. The Balaban J connectivity index is 1.88. The van der Waals surface area contributed by atoms with Gasteiger partial charge < -0.3 is 9.80 Å². The van der Waals surface area contributed by atoms with Gasteiger partial charge in [-0.1, -0.05) is 6.58 Å². The van der Waals surface area contributed by atoms with Crippen molar-refractivity contribution in [2.24, 2.45) is 5.92 Å². The molecule has 0 spiro atoms. The standard InChI is InChI=1S/C15H24N2O2S/c1-3-14(18)16-9-6-12(7-10-16)15(19)17-8-4-5-13(17)11-20-2/h3,12-13H,1,4-11H2,2H3. The second kappa shape index (κ2) is 7.16. The monoisotopic (exact) mass is 296 g/mol. The zero-order valence-electron chi connectivity index (χ0n) is 12.2. The van der Waals surface area contributed by atoms with E-state index in [2.05, 4.69) is 17.7 Å². The van der Waals surface area contributed by atoms with Crippen LogP contribution in [0.15, 0.2) is 12.7 Å². The molecule has 1 atom stereocenters. The van der Waals surface area contributed by atoms with Crippen LogP contribution in [-0.2, 0) is 9.59 Å². The van der Waals surface area contributed by atoms with Crippen LogP contribution in [0.4, 0.5) is 0 Å². The summed E-state index contributed by atoms with van der Waals surface area (Å²) in [6, 6.07) is 0.422. The summed E-state index contributed by atoms with van der Waals surface area (Å²) in [6.45, 7) is 5.79. The van der Waals surface area contributed by atoms with Crippen LogP contribution in [0.3, 0.4) is 0 Å². The van der Waals surface area contributed by atoms with Gasteiger partial charge in [0, 0.05) is 37.3 Å². The summed E-state index contributed by atoms with van der Waals surface area (Å²) in [4.78, 5) is 28.1. The minimum atomic E-state index is -0.0164. The molecule has 20 heavy (non-hydrogen) atoms. The van der Waals surface area contributed by atoms with Crippen molar-refractivity contribution in [3.8, 4) is 0 Å². The second-order valence-electron chi connectivity index (χ2n) is 5.59. The van der Waals surface area contributed by atoms with Gasteiger partial charge in [-0.3, -0.25) is 9.59 Å². The Bertz CT molecular complexity index is 378. The number of hydrogen-bond acceptors (Lipinski definition) is 3. The third kappa shape index (κ3) is 3.37. The number of hydrogen-bond donors (Lipinski definition) is 0. The van der Waals surface area contributed by atoms with Crippen LogP contribution in [0.5, 0.6) is 0 Å². The van der Waals surface area contributed by atoms with Gasteiger partial charge in [-0.25, -0.2) is 0 Å². The summed E-state index contributed by atoms with van der Waals surface area (Å²) in [6.07, 6.45) is 7.31. The van der Waals surface area contributed by atoms with E-state index in [4.69, 9.17) is 0 Å². The number of amides is 2. The van der Waals surface area contributed by atoms with Crippen molar-refractivity contribution in [3.63, 3.8) is 0 Å². The van der Waals surface area contributed by atoms with Gasteiger partial charge in [0.2, 0.25) is 11.8 Å². The molecule has 2 fully saturated rings. The summed E-state index contributed by atoms with van der Waals surface area (Å²) < 4.78 is 0. The van der Waals surface area contributed by atoms with Gasteiger partial charge >= 0.3 is 0 Å². The summed E-state index contributed by atoms with van der Waals surface area (Å²) in [7, 11) is 0. The Morgan fingerprint density at radius 3 is 2.55 bits per heavy atom. The Morgan fingerprint density at radius 1 is 1.25 bits per heavy atom. The molecule has 0 aromatic rings. The van der Waals surface area contributed by atoms with Crippen LogP contribution in [-0.4, -0.2) is 59.3 Å². The van der Waals surface area contributed by atoms with Crippen molar-refractivity contribution in [2.75, 3.05) is 31.6 Å². The van der Waals surface area contributed by atoms with Crippen molar-refractivity contribution in [2.45, 2.75) is 31.7 Å². The lowest BCUT2D eigenvalue weighted by atomic mass is 9.95. The molecule has 2 saturated heterocycles. The summed E-state index contributed by atoms with van der Waals surface area (Å²) in [5, 5.41) is 0. The first-order chi connectivity index (χ1) is 9.67. The van der Waals surface area contributed by atoms with Crippen molar-refractivity contribution < 1.29 is 9.59 Å². The highest BCUT2D eigenvalue weighted by Gasteiger charge is 2.34. The molecule has 2 heterocycles. The third-order valence-corrected chi connectivity index (χ3v) is 5.07. The summed E-state index contributed by atoms with van der Waals surface area (Å²) in [5.41, 5.74) is 0. The predicted molar refractivity (Wildman–Crippen MR) is 82.6 cm³/mol. The number of carbonyl (C=O) groups is 2. The van der Waals surface area contributed by atoms with Gasteiger partial charge in [0.1, 0.15) is 0 Å². The number of rotatable bonds is 4. The van der Waals surface area contributed by atoms with E-state index in [0.717, 1.165) is 38.0 Å². The lowest BCUT2D eigenvalue weighted by Gasteiger charge is -2.34. The number of likely N-dealkylation sites (tertiary alicyclic amines) is 2. The highest BCUT2D eigenvalue weighted by Crippen LogP contribution is 2.26. The maximum atomic E-state index is 12.6. The molecule has 1 unspecified atom stereocenters. The second-order valence-corrected chi connectivity index (χ2v) is 6.50. The molecule has 0 radical (unpaired) electrons. The maximum Gasteiger partial charge on any atom is 0.245 e. The predicted octanol–water partition coefficient (Wildman–Crippen LogP) is 1.77. The normalized spacial score (nSPS) is 23.9. The van der Waals surface area contributed by atoms with E-state index in [1.54, 1.807) is 4.90 Å². The van der Waals surface area contributed by atoms with Crippen molar-refractivity contribution >= 4 is 23.6 Å². The van der Waals surface area contributed by atoms with E-state index in [1.165, 1.54) is 6.08 Å². The first kappa shape index (κ1) is 15.4. The molecule has 2 aliphatic rings. The van der Waals surface area contributed by atoms with E-state index in [1.807, 2.05) is 11.8 Å². The molecule has 0 N–H and O–H groups in total. The van der Waals surface area contributed by atoms with Crippen LogP contribution >= 0.6 is 11.8 Å². The van der Waals surface area contributed by atoms with E-state index in [9.17, 15) is 9.59 Å². The van der Waals surface area contributed by atoms with Crippen LogP contribution in [0, 0.1) is 5.92 Å². The zero-order valence-corrected chi connectivity index (χ0v) is 13.0. The molecule has 2 aliphatic heterocycles. The number of piperidine rings is 1. The number of nitrogens with zero attached hydrogens (tertiary/aromatic N) is 2. The summed E-state index contributed by atoms with van der Waals surface area (Å²) >= 11 is 1.82. The topological polar surface area (TPSA) is 40.6 Å². The van der Waals surface area contributed by atoms with Crippen molar-refractivity contribution in [1.29, 1.82) is 0 Å². The number of carbonyl (C=O) groups excluding carboxylic acids is 2. The largest absolute Gasteiger partial charge is 0.339 e. The Kier molecular flexibility index (Phi) is 5.52. The fraction of sp³-hybridized carbons (Fsp3) is 0.733. The van der Waals surface area contributed by atoms with Gasteiger partial charge in [0.25, 0.3) is 0 Å². The van der Waals surface area contributed by atoms with E-state index in [0.29, 0.717) is 25.0 Å². The highest BCUT2D eigenvalue weighted by molar-refractivity contribution is 7.98. The van der Waals surface area contributed by atoms with Gasteiger partial charge in [0.05, 0.1) is 0 Å².